The summed E-state index contributed by atoms with van der Waals surface area (Å²) in [4.78, 5) is 22.9. The SMILES string of the molecule is N[C@H](Cc1ccc(O)cc1)C(=O)NC1CCC(C(=O)O)C1. The number of rotatable bonds is 5. The van der Waals surface area contributed by atoms with Gasteiger partial charge in [0.25, 0.3) is 0 Å². The number of aliphatic carboxylic acids is 1. The number of benzene rings is 1. The number of amides is 1. The lowest BCUT2D eigenvalue weighted by Crippen LogP contribution is -2.45. The van der Waals surface area contributed by atoms with E-state index < -0.39 is 12.0 Å². The minimum atomic E-state index is -0.805. The predicted octanol–water partition coefficient (Wildman–Crippen LogP) is 0.631. The first-order valence-electron chi connectivity index (χ1n) is 7.02. The standard InChI is InChI=1S/C15H20N2O4/c16-13(7-9-1-5-12(18)6-2-9)14(19)17-11-4-3-10(8-11)15(20)21/h1-2,5-6,10-11,13,18H,3-4,7-8,16H2,(H,17,19)(H,20,21)/t10?,11?,13-/m1/s1. The molecule has 0 spiro atoms. The van der Waals surface area contributed by atoms with Gasteiger partial charge in [-0.15, -0.1) is 0 Å². The molecule has 5 N–H and O–H groups in total. The first-order valence-corrected chi connectivity index (χ1v) is 7.02. The van der Waals surface area contributed by atoms with Gasteiger partial charge in [0.2, 0.25) is 5.91 Å². The van der Waals surface area contributed by atoms with Crippen molar-refractivity contribution in [3.63, 3.8) is 0 Å². The third kappa shape index (κ3) is 4.19. The van der Waals surface area contributed by atoms with Gasteiger partial charge >= 0.3 is 5.97 Å². The summed E-state index contributed by atoms with van der Waals surface area (Å²) in [5, 5.41) is 21.0. The highest BCUT2D eigenvalue weighted by atomic mass is 16.4. The average molecular weight is 292 g/mol. The molecule has 1 aromatic rings. The third-order valence-electron chi connectivity index (χ3n) is 3.86. The Morgan fingerprint density at radius 1 is 1.29 bits per heavy atom. The number of nitrogens with two attached hydrogens (primary N) is 1. The predicted molar refractivity (Wildman–Crippen MR) is 76.7 cm³/mol. The number of carboxylic acid groups (broad SMARTS) is 1. The molecule has 2 unspecified atom stereocenters. The van der Waals surface area contributed by atoms with E-state index in [1.165, 1.54) is 0 Å². The number of carbonyl (C=O) groups excluding carboxylic acids is 1. The Morgan fingerprint density at radius 2 is 1.95 bits per heavy atom. The molecule has 0 saturated heterocycles. The number of carbonyl (C=O) groups is 2. The third-order valence-corrected chi connectivity index (χ3v) is 3.86. The van der Waals surface area contributed by atoms with Crippen molar-refractivity contribution in [1.29, 1.82) is 0 Å². The molecule has 1 aliphatic rings. The van der Waals surface area contributed by atoms with Crippen LogP contribution in [0.5, 0.6) is 5.75 Å². The second-order valence-corrected chi connectivity index (χ2v) is 5.53. The van der Waals surface area contributed by atoms with Gasteiger partial charge in [-0.05, 0) is 43.4 Å². The number of aromatic hydroxyl groups is 1. The number of hydrogen-bond donors (Lipinski definition) is 4. The molecular formula is C15H20N2O4. The van der Waals surface area contributed by atoms with Crippen LogP contribution in [0.15, 0.2) is 24.3 Å². The Kier molecular flexibility index (Phi) is 4.80. The zero-order valence-electron chi connectivity index (χ0n) is 11.7. The molecule has 1 aliphatic carbocycles. The lowest BCUT2D eigenvalue weighted by atomic mass is 10.1. The molecule has 0 heterocycles. The Bertz CT molecular complexity index is 515. The fourth-order valence-corrected chi connectivity index (χ4v) is 2.62. The van der Waals surface area contributed by atoms with Crippen LogP contribution < -0.4 is 11.1 Å². The van der Waals surface area contributed by atoms with Crippen molar-refractivity contribution in [1.82, 2.24) is 5.32 Å². The van der Waals surface area contributed by atoms with Crippen LogP contribution in [0.2, 0.25) is 0 Å². The molecule has 0 bridgehead atoms. The average Bonchev–Trinajstić information content (AvgIpc) is 2.90. The first-order chi connectivity index (χ1) is 9.95. The Balaban J connectivity index is 1.83. The van der Waals surface area contributed by atoms with Crippen LogP contribution in [0.1, 0.15) is 24.8 Å². The Hall–Kier alpha value is -2.08. The number of hydrogen-bond acceptors (Lipinski definition) is 4. The fraction of sp³-hybridized carbons (Fsp3) is 0.467. The van der Waals surface area contributed by atoms with Crippen LogP contribution in [0.3, 0.4) is 0 Å². The van der Waals surface area contributed by atoms with Crippen molar-refractivity contribution >= 4 is 11.9 Å². The zero-order chi connectivity index (χ0) is 15.4. The molecule has 6 heteroatoms. The van der Waals surface area contributed by atoms with Gasteiger partial charge in [0.15, 0.2) is 0 Å². The highest BCUT2D eigenvalue weighted by Crippen LogP contribution is 2.25. The minimum absolute atomic E-state index is 0.107. The first kappa shape index (κ1) is 15.3. The molecule has 1 amide bonds. The van der Waals surface area contributed by atoms with E-state index in [0.29, 0.717) is 25.7 Å². The maximum atomic E-state index is 12.0. The smallest absolute Gasteiger partial charge is 0.306 e. The van der Waals surface area contributed by atoms with Gasteiger partial charge in [-0.2, -0.15) is 0 Å². The van der Waals surface area contributed by atoms with Crippen LogP contribution in [0, 0.1) is 5.92 Å². The largest absolute Gasteiger partial charge is 0.508 e. The molecule has 2 rings (SSSR count). The topological polar surface area (TPSA) is 113 Å². The molecule has 0 radical (unpaired) electrons. The van der Waals surface area contributed by atoms with Crippen molar-refractivity contribution in [3.8, 4) is 5.75 Å². The van der Waals surface area contributed by atoms with Crippen LogP contribution in [0.4, 0.5) is 0 Å². The quantitative estimate of drug-likeness (QED) is 0.636. The fourth-order valence-electron chi connectivity index (χ4n) is 2.62. The second-order valence-electron chi connectivity index (χ2n) is 5.53. The molecule has 1 saturated carbocycles. The minimum Gasteiger partial charge on any atom is -0.508 e. The van der Waals surface area contributed by atoms with Gasteiger partial charge in [0.05, 0.1) is 12.0 Å². The van der Waals surface area contributed by atoms with E-state index in [-0.39, 0.29) is 23.6 Å². The number of phenolic OH excluding ortho intramolecular Hbond substituents is 1. The van der Waals surface area contributed by atoms with E-state index in [0.717, 1.165) is 5.56 Å². The zero-order valence-corrected chi connectivity index (χ0v) is 11.7. The van der Waals surface area contributed by atoms with Gasteiger partial charge in [-0.1, -0.05) is 12.1 Å². The lowest BCUT2D eigenvalue weighted by Gasteiger charge is -2.17. The van der Waals surface area contributed by atoms with Gasteiger partial charge in [0, 0.05) is 6.04 Å². The van der Waals surface area contributed by atoms with Crippen molar-refractivity contribution in [2.24, 2.45) is 11.7 Å². The van der Waals surface area contributed by atoms with E-state index in [1.807, 2.05) is 0 Å². The maximum Gasteiger partial charge on any atom is 0.306 e. The van der Waals surface area contributed by atoms with Gasteiger partial charge in [-0.3, -0.25) is 9.59 Å². The maximum absolute atomic E-state index is 12.0. The molecule has 6 nitrogen and oxygen atoms in total. The summed E-state index contributed by atoms with van der Waals surface area (Å²) in [6.07, 6.45) is 2.11. The highest BCUT2D eigenvalue weighted by Gasteiger charge is 2.31. The van der Waals surface area contributed by atoms with Gasteiger partial charge in [-0.25, -0.2) is 0 Å². The number of carboxylic acids is 1. The summed E-state index contributed by atoms with van der Waals surface area (Å²) < 4.78 is 0. The summed E-state index contributed by atoms with van der Waals surface area (Å²) in [5.41, 5.74) is 6.73. The van der Waals surface area contributed by atoms with Crippen LogP contribution in [-0.4, -0.2) is 34.2 Å². The van der Waals surface area contributed by atoms with Crippen LogP contribution in [-0.2, 0) is 16.0 Å². The summed E-state index contributed by atoms with van der Waals surface area (Å²) in [5.74, 6) is -1.27. The van der Waals surface area contributed by atoms with Crippen molar-refractivity contribution in [2.45, 2.75) is 37.8 Å². The number of nitrogens with one attached hydrogen (secondary N) is 1. The van der Waals surface area contributed by atoms with Crippen molar-refractivity contribution in [3.05, 3.63) is 29.8 Å². The number of phenols is 1. The van der Waals surface area contributed by atoms with Gasteiger partial charge < -0.3 is 21.3 Å². The van der Waals surface area contributed by atoms with E-state index in [4.69, 9.17) is 10.8 Å². The molecular weight excluding hydrogens is 272 g/mol. The summed E-state index contributed by atoms with van der Waals surface area (Å²) in [7, 11) is 0. The lowest BCUT2D eigenvalue weighted by molar-refractivity contribution is -0.141. The van der Waals surface area contributed by atoms with E-state index in [1.54, 1.807) is 24.3 Å². The molecule has 1 aromatic carbocycles. The van der Waals surface area contributed by atoms with Crippen LogP contribution >= 0.6 is 0 Å². The Morgan fingerprint density at radius 3 is 2.52 bits per heavy atom. The monoisotopic (exact) mass is 292 g/mol. The normalized spacial score (nSPS) is 22.7. The van der Waals surface area contributed by atoms with Gasteiger partial charge in [0.1, 0.15) is 5.75 Å². The van der Waals surface area contributed by atoms with E-state index >= 15 is 0 Å². The Labute approximate surface area is 123 Å². The van der Waals surface area contributed by atoms with E-state index in [2.05, 4.69) is 5.32 Å². The molecule has 0 aliphatic heterocycles. The second kappa shape index (κ2) is 6.58. The summed E-state index contributed by atoms with van der Waals surface area (Å²) in [6.45, 7) is 0. The molecule has 1 fully saturated rings. The van der Waals surface area contributed by atoms with Crippen molar-refractivity contribution < 1.29 is 19.8 Å². The summed E-state index contributed by atoms with van der Waals surface area (Å²) in [6, 6.07) is 5.75. The molecule has 0 aromatic heterocycles. The molecule has 114 valence electrons. The molecule has 21 heavy (non-hydrogen) atoms. The van der Waals surface area contributed by atoms with E-state index in [9.17, 15) is 14.7 Å². The summed E-state index contributed by atoms with van der Waals surface area (Å²) >= 11 is 0. The highest BCUT2D eigenvalue weighted by molar-refractivity contribution is 5.82. The molecule has 3 atom stereocenters. The van der Waals surface area contributed by atoms with Crippen molar-refractivity contribution in [2.75, 3.05) is 0 Å². The van der Waals surface area contributed by atoms with Crippen LogP contribution in [0.25, 0.3) is 0 Å².